The molecule has 0 aromatic heterocycles. The van der Waals surface area contributed by atoms with Crippen LogP contribution in [0.2, 0.25) is 0 Å². The molecule has 1 saturated heterocycles. The molecule has 0 aromatic rings. The zero-order valence-corrected chi connectivity index (χ0v) is 9.80. The van der Waals surface area contributed by atoms with E-state index in [4.69, 9.17) is 4.74 Å². The average Bonchev–Trinajstić information content (AvgIpc) is 2.02. The van der Waals surface area contributed by atoms with Gasteiger partial charge in [0.1, 0.15) is 0 Å². The molecule has 1 aliphatic rings. The number of sulfonamides is 1. The van der Waals surface area contributed by atoms with Crippen LogP contribution >= 0.6 is 0 Å². The maximum atomic E-state index is 11.8. The minimum absolute atomic E-state index is 0.0324. The van der Waals surface area contributed by atoms with E-state index >= 15 is 0 Å². The van der Waals surface area contributed by atoms with Crippen LogP contribution < -0.4 is 4.72 Å². The smallest absolute Gasteiger partial charge is 0.215 e. The molecule has 1 aliphatic heterocycles. The topological polar surface area (TPSA) is 55.4 Å². The van der Waals surface area contributed by atoms with Gasteiger partial charge in [-0.3, -0.25) is 0 Å². The van der Waals surface area contributed by atoms with E-state index in [0.29, 0.717) is 19.6 Å². The van der Waals surface area contributed by atoms with Gasteiger partial charge >= 0.3 is 0 Å². The molecule has 84 valence electrons. The lowest BCUT2D eigenvalue weighted by molar-refractivity contribution is 0.0634. The van der Waals surface area contributed by atoms with Gasteiger partial charge in [0.2, 0.25) is 10.0 Å². The number of ether oxygens (including phenoxy) is 1. The molecule has 1 N–H and O–H groups in total. The van der Waals surface area contributed by atoms with Gasteiger partial charge in [-0.15, -0.1) is 0 Å². The van der Waals surface area contributed by atoms with Gasteiger partial charge in [0, 0.05) is 12.6 Å². The third kappa shape index (κ3) is 2.93. The summed E-state index contributed by atoms with van der Waals surface area (Å²) in [4.78, 5) is 0. The molecule has 0 spiro atoms. The SMILES string of the molecule is CC(C)NS(=O)(=O)[C@H]1CCOC[C@H]1C. The van der Waals surface area contributed by atoms with Crippen molar-refractivity contribution in [3.8, 4) is 0 Å². The summed E-state index contributed by atoms with van der Waals surface area (Å²) in [5.41, 5.74) is 0. The molecule has 1 heterocycles. The minimum Gasteiger partial charge on any atom is -0.381 e. The van der Waals surface area contributed by atoms with E-state index in [2.05, 4.69) is 4.72 Å². The summed E-state index contributed by atoms with van der Waals surface area (Å²) in [6, 6.07) is -0.0324. The van der Waals surface area contributed by atoms with Crippen molar-refractivity contribution in [2.45, 2.75) is 38.5 Å². The first kappa shape index (κ1) is 11.9. The number of nitrogens with one attached hydrogen (secondary N) is 1. The normalized spacial score (nSPS) is 29.4. The predicted molar refractivity (Wildman–Crippen MR) is 55.6 cm³/mol. The fourth-order valence-corrected chi connectivity index (χ4v) is 3.67. The zero-order chi connectivity index (χ0) is 10.8. The molecule has 1 fully saturated rings. The molecular formula is C9H19NO3S. The van der Waals surface area contributed by atoms with Gasteiger partial charge in [0.15, 0.2) is 0 Å². The van der Waals surface area contributed by atoms with Crippen molar-refractivity contribution in [3.05, 3.63) is 0 Å². The lowest BCUT2D eigenvalue weighted by Gasteiger charge is -2.29. The first-order chi connectivity index (χ1) is 6.43. The van der Waals surface area contributed by atoms with Crippen molar-refractivity contribution in [3.63, 3.8) is 0 Å². The van der Waals surface area contributed by atoms with Gasteiger partial charge in [-0.25, -0.2) is 13.1 Å². The van der Waals surface area contributed by atoms with Gasteiger partial charge in [-0.1, -0.05) is 6.92 Å². The van der Waals surface area contributed by atoms with Crippen LogP contribution in [0.25, 0.3) is 0 Å². The molecule has 0 bridgehead atoms. The van der Waals surface area contributed by atoms with Crippen LogP contribution in [0.15, 0.2) is 0 Å². The molecule has 0 radical (unpaired) electrons. The summed E-state index contributed by atoms with van der Waals surface area (Å²) in [6.45, 7) is 6.68. The molecule has 0 aliphatic carbocycles. The van der Waals surface area contributed by atoms with E-state index in [0.717, 1.165) is 0 Å². The summed E-state index contributed by atoms with van der Waals surface area (Å²) in [6.07, 6.45) is 0.600. The Morgan fingerprint density at radius 2 is 2.07 bits per heavy atom. The fraction of sp³-hybridized carbons (Fsp3) is 1.00. The third-order valence-corrected chi connectivity index (χ3v) is 4.66. The lowest BCUT2D eigenvalue weighted by Crippen LogP contribution is -2.45. The summed E-state index contributed by atoms with van der Waals surface area (Å²) < 4.78 is 31.5. The molecule has 0 saturated carbocycles. The third-order valence-electron chi connectivity index (χ3n) is 2.36. The highest BCUT2D eigenvalue weighted by atomic mass is 32.2. The Morgan fingerprint density at radius 3 is 2.57 bits per heavy atom. The van der Waals surface area contributed by atoms with Crippen molar-refractivity contribution < 1.29 is 13.2 Å². The van der Waals surface area contributed by atoms with Gasteiger partial charge < -0.3 is 4.74 Å². The molecule has 0 unspecified atom stereocenters. The maximum Gasteiger partial charge on any atom is 0.215 e. The standard InChI is InChI=1S/C9H19NO3S/c1-7(2)10-14(11,12)9-4-5-13-6-8(9)3/h7-10H,4-6H2,1-3H3/t8-,9+/m1/s1. The molecule has 0 amide bonds. The van der Waals surface area contributed by atoms with E-state index in [1.807, 2.05) is 20.8 Å². The Morgan fingerprint density at radius 1 is 1.43 bits per heavy atom. The highest BCUT2D eigenvalue weighted by Crippen LogP contribution is 2.20. The van der Waals surface area contributed by atoms with Crippen LogP contribution in [0.4, 0.5) is 0 Å². The Balaban J connectivity index is 2.70. The molecule has 1 rings (SSSR count). The van der Waals surface area contributed by atoms with E-state index in [-0.39, 0.29) is 17.2 Å². The van der Waals surface area contributed by atoms with Gasteiger partial charge in [0.05, 0.1) is 11.9 Å². The van der Waals surface area contributed by atoms with E-state index in [1.165, 1.54) is 0 Å². The largest absolute Gasteiger partial charge is 0.381 e. The maximum absolute atomic E-state index is 11.8. The highest BCUT2D eigenvalue weighted by Gasteiger charge is 2.33. The second-order valence-corrected chi connectivity index (χ2v) is 6.13. The number of hydrogen-bond acceptors (Lipinski definition) is 3. The van der Waals surface area contributed by atoms with Crippen molar-refractivity contribution in [2.75, 3.05) is 13.2 Å². The van der Waals surface area contributed by atoms with Crippen LogP contribution in [0, 0.1) is 5.92 Å². The molecule has 2 atom stereocenters. The van der Waals surface area contributed by atoms with Crippen LogP contribution in [-0.4, -0.2) is 32.9 Å². The van der Waals surface area contributed by atoms with Gasteiger partial charge in [-0.2, -0.15) is 0 Å². The Hall–Kier alpha value is -0.130. The average molecular weight is 221 g/mol. The van der Waals surface area contributed by atoms with Crippen molar-refractivity contribution in [2.24, 2.45) is 5.92 Å². The quantitative estimate of drug-likeness (QED) is 0.764. The highest BCUT2D eigenvalue weighted by molar-refractivity contribution is 7.90. The van der Waals surface area contributed by atoms with Crippen LogP contribution in [-0.2, 0) is 14.8 Å². The van der Waals surface area contributed by atoms with Crippen molar-refractivity contribution >= 4 is 10.0 Å². The summed E-state index contributed by atoms with van der Waals surface area (Å²) in [5.74, 6) is 0.0833. The number of hydrogen-bond donors (Lipinski definition) is 1. The van der Waals surface area contributed by atoms with Crippen molar-refractivity contribution in [1.29, 1.82) is 0 Å². The van der Waals surface area contributed by atoms with E-state index in [1.54, 1.807) is 0 Å². The number of rotatable bonds is 3. The van der Waals surface area contributed by atoms with Gasteiger partial charge in [0.25, 0.3) is 0 Å². The Kier molecular flexibility index (Phi) is 3.92. The summed E-state index contributed by atoms with van der Waals surface area (Å²) in [7, 11) is -3.16. The second-order valence-electron chi connectivity index (χ2n) is 4.20. The second kappa shape index (κ2) is 4.59. The Labute approximate surface area is 86.1 Å². The first-order valence-electron chi connectivity index (χ1n) is 5.02. The van der Waals surface area contributed by atoms with Gasteiger partial charge in [-0.05, 0) is 26.2 Å². The monoisotopic (exact) mass is 221 g/mol. The summed E-state index contributed by atoms with van der Waals surface area (Å²) in [5, 5.41) is -0.293. The predicted octanol–water partition coefficient (Wildman–Crippen LogP) is 0.739. The fourth-order valence-electron chi connectivity index (χ4n) is 1.74. The first-order valence-corrected chi connectivity index (χ1v) is 6.57. The van der Waals surface area contributed by atoms with E-state index in [9.17, 15) is 8.42 Å². The van der Waals surface area contributed by atoms with Crippen LogP contribution in [0.1, 0.15) is 27.2 Å². The zero-order valence-electron chi connectivity index (χ0n) is 8.99. The lowest BCUT2D eigenvalue weighted by atomic mass is 10.0. The minimum atomic E-state index is -3.16. The van der Waals surface area contributed by atoms with E-state index < -0.39 is 10.0 Å². The van der Waals surface area contributed by atoms with Crippen LogP contribution in [0.5, 0.6) is 0 Å². The van der Waals surface area contributed by atoms with Crippen LogP contribution in [0.3, 0.4) is 0 Å². The molecule has 14 heavy (non-hydrogen) atoms. The molecule has 5 heteroatoms. The molecule has 0 aromatic carbocycles. The molecule has 4 nitrogen and oxygen atoms in total. The van der Waals surface area contributed by atoms with Crippen molar-refractivity contribution in [1.82, 2.24) is 4.72 Å². The molecular weight excluding hydrogens is 202 g/mol. The Bertz CT molecular complexity index is 274. The summed E-state index contributed by atoms with van der Waals surface area (Å²) >= 11 is 0.